The van der Waals surface area contributed by atoms with Crippen LogP contribution in [0.5, 0.6) is 0 Å². The lowest BCUT2D eigenvalue weighted by atomic mass is 9.98. The minimum atomic E-state index is -3.43. The average Bonchev–Trinajstić information content (AvgIpc) is 3.17. The third-order valence-electron chi connectivity index (χ3n) is 4.93. The third kappa shape index (κ3) is 5.91. The molecule has 0 aromatic carbocycles. The van der Waals surface area contributed by atoms with E-state index in [4.69, 9.17) is 4.52 Å². The lowest BCUT2D eigenvalue weighted by Gasteiger charge is -2.36. The maximum absolute atomic E-state index is 12.5. The number of aliphatic hydroxyl groups is 1. The van der Waals surface area contributed by atoms with Gasteiger partial charge in [0.05, 0.1) is 17.8 Å². The second-order valence-corrected chi connectivity index (χ2v) is 8.70. The summed E-state index contributed by atoms with van der Waals surface area (Å²) in [5.41, 5.74) is -0.394. The first kappa shape index (κ1) is 21.6. The summed E-state index contributed by atoms with van der Waals surface area (Å²) in [7, 11) is -3.43. The van der Waals surface area contributed by atoms with E-state index in [9.17, 15) is 13.5 Å². The van der Waals surface area contributed by atoms with Gasteiger partial charge in [-0.2, -0.15) is 4.31 Å². The molecule has 1 aliphatic rings. The summed E-state index contributed by atoms with van der Waals surface area (Å²) in [4.78, 5) is 6.63. The van der Waals surface area contributed by atoms with E-state index in [2.05, 4.69) is 15.5 Å². The second-order valence-electron chi connectivity index (χ2n) is 6.73. The van der Waals surface area contributed by atoms with Crippen LogP contribution < -0.4 is 5.32 Å². The van der Waals surface area contributed by atoms with Crippen LogP contribution in [-0.2, 0) is 15.8 Å². The maximum Gasteiger partial charge on any atom is 0.220 e. The topological polar surface area (TPSA) is 111 Å². The van der Waals surface area contributed by atoms with Crippen molar-refractivity contribution in [2.75, 3.05) is 39.3 Å². The standard InChI is InChI=1S/C17H31N5O4S/c1-4-17(23,5-2)14-19-16(18-6-3)21-8-10-22(11-9-21)27(24,25)13-15-7-12-26-20-15/h7,12,23H,4-6,8-11,13-14H2,1-3H3,(H,18,19). The van der Waals surface area contributed by atoms with Crippen molar-refractivity contribution >= 4 is 16.0 Å². The van der Waals surface area contributed by atoms with Gasteiger partial charge in [0.15, 0.2) is 5.96 Å². The molecule has 0 unspecified atom stereocenters. The normalized spacial score (nSPS) is 17.3. The van der Waals surface area contributed by atoms with Crippen LogP contribution in [0.15, 0.2) is 21.8 Å². The van der Waals surface area contributed by atoms with Crippen molar-refractivity contribution in [1.29, 1.82) is 0 Å². The molecule has 9 nitrogen and oxygen atoms in total. The predicted octanol–water partition coefficient (Wildman–Crippen LogP) is 0.639. The summed E-state index contributed by atoms with van der Waals surface area (Å²) in [6.07, 6.45) is 2.65. The molecule has 0 aliphatic carbocycles. The van der Waals surface area contributed by atoms with Gasteiger partial charge in [0.2, 0.25) is 10.0 Å². The smallest absolute Gasteiger partial charge is 0.220 e. The van der Waals surface area contributed by atoms with Crippen molar-refractivity contribution in [3.05, 3.63) is 18.0 Å². The molecule has 0 amide bonds. The SMILES string of the molecule is CCNC(=NCC(O)(CC)CC)N1CCN(S(=O)(=O)Cc2ccon2)CC1. The molecule has 154 valence electrons. The number of aromatic nitrogens is 1. The van der Waals surface area contributed by atoms with E-state index in [1.165, 1.54) is 10.6 Å². The molecule has 1 fully saturated rings. The minimum absolute atomic E-state index is 0.155. The largest absolute Gasteiger partial charge is 0.388 e. The summed E-state index contributed by atoms with van der Waals surface area (Å²) in [5.74, 6) is 0.559. The Morgan fingerprint density at radius 1 is 1.30 bits per heavy atom. The number of nitrogens with one attached hydrogen (secondary N) is 1. The number of piperazine rings is 1. The molecule has 2 N–H and O–H groups in total. The van der Waals surface area contributed by atoms with Crippen LogP contribution in [0.2, 0.25) is 0 Å². The van der Waals surface area contributed by atoms with Crippen molar-refractivity contribution in [2.45, 2.75) is 45.0 Å². The third-order valence-corrected chi connectivity index (χ3v) is 6.74. The van der Waals surface area contributed by atoms with Gasteiger partial charge in [-0.25, -0.2) is 8.42 Å². The lowest BCUT2D eigenvalue weighted by molar-refractivity contribution is 0.0415. The van der Waals surface area contributed by atoms with Crippen molar-refractivity contribution in [3.8, 4) is 0 Å². The fourth-order valence-corrected chi connectivity index (χ4v) is 4.31. The summed E-state index contributed by atoms with van der Waals surface area (Å²) in [6, 6.07) is 1.56. The Kier molecular flexibility index (Phi) is 7.63. The van der Waals surface area contributed by atoms with Crippen LogP contribution in [0.25, 0.3) is 0 Å². The lowest BCUT2D eigenvalue weighted by Crippen LogP contribution is -2.54. The van der Waals surface area contributed by atoms with Crippen LogP contribution in [0, 0.1) is 0 Å². The molecular formula is C17H31N5O4S. The van der Waals surface area contributed by atoms with Crippen LogP contribution >= 0.6 is 0 Å². The zero-order valence-corrected chi connectivity index (χ0v) is 17.2. The van der Waals surface area contributed by atoms with Gasteiger partial charge in [0.1, 0.15) is 12.0 Å². The number of sulfonamides is 1. The van der Waals surface area contributed by atoms with E-state index in [0.717, 1.165) is 0 Å². The van der Waals surface area contributed by atoms with Crippen LogP contribution in [0.3, 0.4) is 0 Å². The summed E-state index contributed by atoms with van der Waals surface area (Å²) < 4.78 is 31.3. The minimum Gasteiger partial charge on any atom is -0.388 e. The van der Waals surface area contributed by atoms with E-state index in [1.807, 2.05) is 25.7 Å². The Bertz CT molecular complexity index is 693. The molecular weight excluding hydrogens is 370 g/mol. The first-order chi connectivity index (χ1) is 12.8. The highest BCUT2D eigenvalue weighted by molar-refractivity contribution is 7.88. The average molecular weight is 402 g/mol. The number of aliphatic imine (C=N–C) groups is 1. The van der Waals surface area contributed by atoms with Gasteiger partial charge < -0.3 is 19.8 Å². The summed E-state index contributed by atoms with van der Waals surface area (Å²) in [5, 5.41) is 17.4. The first-order valence-electron chi connectivity index (χ1n) is 9.46. The predicted molar refractivity (Wildman–Crippen MR) is 104 cm³/mol. The van der Waals surface area contributed by atoms with E-state index in [-0.39, 0.29) is 5.75 Å². The highest BCUT2D eigenvalue weighted by Crippen LogP contribution is 2.16. The van der Waals surface area contributed by atoms with Crippen molar-refractivity contribution < 1.29 is 18.0 Å². The number of guanidine groups is 1. The Labute approximate surface area is 161 Å². The van der Waals surface area contributed by atoms with Gasteiger partial charge in [0, 0.05) is 38.8 Å². The molecule has 0 spiro atoms. The molecule has 1 aliphatic heterocycles. The Morgan fingerprint density at radius 2 is 1.96 bits per heavy atom. The number of nitrogens with zero attached hydrogens (tertiary/aromatic N) is 4. The fourth-order valence-electron chi connectivity index (χ4n) is 2.89. The molecule has 1 saturated heterocycles. The van der Waals surface area contributed by atoms with Gasteiger partial charge in [-0.3, -0.25) is 4.99 Å². The van der Waals surface area contributed by atoms with Gasteiger partial charge >= 0.3 is 0 Å². The fraction of sp³-hybridized carbons (Fsp3) is 0.765. The van der Waals surface area contributed by atoms with Crippen molar-refractivity contribution in [2.24, 2.45) is 4.99 Å². The van der Waals surface area contributed by atoms with E-state index < -0.39 is 15.6 Å². The molecule has 0 atom stereocenters. The molecule has 0 bridgehead atoms. The molecule has 0 saturated carbocycles. The summed E-state index contributed by atoms with van der Waals surface area (Å²) >= 11 is 0. The van der Waals surface area contributed by atoms with E-state index >= 15 is 0 Å². The molecule has 10 heteroatoms. The zero-order chi connectivity index (χ0) is 19.9. The monoisotopic (exact) mass is 401 g/mol. The Hall–Kier alpha value is -1.65. The maximum atomic E-state index is 12.5. The van der Waals surface area contributed by atoms with Crippen molar-refractivity contribution in [3.63, 3.8) is 0 Å². The molecule has 1 aromatic heterocycles. The van der Waals surface area contributed by atoms with Gasteiger partial charge in [0.25, 0.3) is 0 Å². The van der Waals surface area contributed by atoms with E-state index in [1.54, 1.807) is 6.07 Å². The van der Waals surface area contributed by atoms with Crippen LogP contribution in [-0.4, -0.2) is 78.7 Å². The number of hydrogen-bond donors (Lipinski definition) is 2. The second kappa shape index (κ2) is 9.52. The summed E-state index contributed by atoms with van der Waals surface area (Å²) in [6.45, 7) is 8.77. The van der Waals surface area contributed by atoms with Gasteiger partial charge in [-0.15, -0.1) is 0 Å². The van der Waals surface area contributed by atoms with Gasteiger partial charge in [-0.05, 0) is 19.8 Å². The van der Waals surface area contributed by atoms with E-state index in [0.29, 0.717) is 63.8 Å². The number of hydrogen-bond acceptors (Lipinski definition) is 6. The highest BCUT2D eigenvalue weighted by atomic mass is 32.2. The highest BCUT2D eigenvalue weighted by Gasteiger charge is 2.29. The quantitative estimate of drug-likeness (QED) is 0.486. The van der Waals surface area contributed by atoms with Crippen LogP contribution in [0.4, 0.5) is 0 Å². The molecule has 27 heavy (non-hydrogen) atoms. The molecule has 0 radical (unpaired) electrons. The zero-order valence-electron chi connectivity index (χ0n) is 16.4. The number of rotatable bonds is 8. The molecule has 1 aromatic rings. The molecule has 2 heterocycles. The Balaban J connectivity index is 1.98. The van der Waals surface area contributed by atoms with Crippen molar-refractivity contribution in [1.82, 2.24) is 19.7 Å². The van der Waals surface area contributed by atoms with Crippen LogP contribution in [0.1, 0.15) is 39.3 Å². The first-order valence-corrected chi connectivity index (χ1v) is 11.1. The molecule has 2 rings (SSSR count). The Morgan fingerprint density at radius 3 is 2.48 bits per heavy atom. The van der Waals surface area contributed by atoms with Gasteiger partial charge in [-0.1, -0.05) is 19.0 Å².